The number of hydrogen-bond acceptors (Lipinski definition) is 3. The van der Waals surface area contributed by atoms with E-state index in [0.717, 1.165) is 0 Å². The number of aryl methyl sites for hydroxylation is 1. The number of benzene rings is 2. The van der Waals surface area contributed by atoms with E-state index in [-0.39, 0.29) is 11.7 Å². The van der Waals surface area contributed by atoms with Gasteiger partial charge in [-0.2, -0.15) is 0 Å². The average molecular weight is 274 g/mol. The van der Waals surface area contributed by atoms with Crippen molar-refractivity contribution in [1.82, 2.24) is 0 Å². The number of carbonyl (C=O) groups is 1. The summed E-state index contributed by atoms with van der Waals surface area (Å²) >= 11 is 0. The molecule has 0 saturated heterocycles. The molecule has 104 valence electrons. The fourth-order valence-corrected chi connectivity index (χ4v) is 1.80. The largest absolute Gasteiger partial charge is 0.495 e. The van der Waals surface area contributed by atoms with Crippen LogP contribution in [0.5, 0.6) is 5.75 Å². The van der Waals surface area contributed by atoms with Crippen LogP contribution in [0.2, 0.25) is 0 Å². The van der Waals surface area contributed by atoms with Gasteiger partial charge in [-0.1, -0.05) is 0 Å². The van der Waals surface area contributed by atoms with Crippen molar-refractivity contribution in [2.45, 2.75) is 6.92 Å². The predicted octanol–water partition coefficient (Wildman–Crippen LogP) is 2.98. The van der Waals surface area contributed by atoms with E-state index < -0.39 is 0 Å². The Kier molecular flexibility index (Phi) is 3.89. The number of hydrogen-bond donors (Lipinski definition) is 2. The van der Waals surface area contributed by atoms with Crippen LogP contribution in [0.25, 0.3) is 0 Å². The third-order valence-electron chi connectivity index (χ3n) is 2.91. The van der Waals surface area contributed by atoms with Crippen LogP contribution in [0.15, 0.2) is 36.4 Å². The van der Waals surface area contributed by atoms with E-state index >= 15 is 0 Å². The summed E-state index contributed by atoms with van der Waals surface area (Å²) in [5.41, 5.74) is 7.56. The van der Waals surface area contributed by atoms with Crippen LogP contribution in [-0.4, -0.2) is 13.0 Å². The fraction of sp³-hybridized carbons (Fsp3) is 0.133. The first kappa shape index (κ1) is 13.9. The lowest BCUT2D eigenvalue weighted by atomic mass is 10.1. The van der Waals surface area contributed by atoms with E-state index in [2.05, 4.69) is 5.32 Å². The molecule has 0 atom stereocenters. The topological polar surface area (TPSA) is 64.3 Å². The van der Waals surface area contributed by atoms with Gasteiger partial charge in [0.1, 0.15) is 11.6 Å². The van der Waals surface area contributed by atoms with Crippen molar-refractivity contribution in [3.8, 4) is 5.75 Å². The Morgan fingerprint density at radius 1 is 1.25 bits per heavy atom. The van der Waals surface area contributed by atoms with Gasteiger partial charge in [-0.15, -0.1) is 0 Å². The molecule has 0 saturated carbocycles. The first-order valence-corrected chi connectivity index (χ1v) is 6.02. The molecule has 0 bridgehead atoms. The van der Waals surface area contributed by atoms with Crippen molar-refractivity contribution in [1.29, 1.82) is 0 Å². The van der Waals surface area contributed by atoms with Gasteiger partial charge in [0.15, 0.2) is 0 Å². The molecule has 0 aliphatic carbocycles. The van der Waals surface area contributed by atoms with Crippen LogP contribution in [0.3, 0.4) is 0 Å². The summed E-state index contributed by atoms with van der Waals surface area (Å²) in [5.74, 6) is -0.117. The second-order valence-electron chi connectivity index (χ2n) is 4.37. The molecule has 0 aromatic heterocycles. The van der Waals surface area contributed by atoms with E-state index in [9.17, 15) is 9.18 Å². The molecule has 2 aromatic carbocycles. The molecule has 5 heteroatoms. The van der Waals surface area contributed by atoms with Gasteiger partial charge in [0.05, 0.1) is 12.8 Å². The molecule has 20 heavy (non-hydrogen) atoms. The van der Waals surface area contributed by atoms with Gasteiger partial charge in [0, 0.05) is 11.3 Å². The zero-order valence-corrected chi connectivity index (χ0v) is 11.2. The lowest BCUT2D eigenvalue weighted by molar-refractivity contribution is 0.102. The van der Waals surface area contributed by atoms with Crippen LogP contribution >= 0.6 is 0 Å². The Morgan fingerprint density at radius 2 is 2.00 bits per heavy atom. The van der Waals surface area contributed by atoms with Crippen LogP contribution in [-0.2, 0) is 0 Å². The van der Waals surface area contributed by atoms with Gasteiger partial charge >= 0.3 is 0 Å². The third-order valence-corrected chi connectivity index (χ3v) is 2.91. The second-order valence-corrected chi connectivity index (χ2v) is 4.37. The number of rotatable bonds is 3. The van der Waals surface area contributed by atoms with E-state index in [1.165, 1.54) is 25.3 Å². The van der Waals surface area contributed by atoms with Crippen molar-refractivity contribution in [2.75, 3.05) is 18.2 Å². The van der Waals surface area contributed by atoms with E-state index in [0.29, 0.717) is 28.3 Å². The molecular formula is C15H15FN2O2. The number of halogens is 1. The number of nitrogen functional groups attached to an aromatic ring is 1. The van der Waals surface area contributed by atoms with Crippen LogP contribution in [0.4, 0.5) is 15.8 Å². The summed E-state index contributed by atoms with van der Waals surface area (Å²) in [6.07, 6.45) is 0. The number of nitrogens with two attached hydrogens (primary N) is 1. The smallest absolute Gasteiger partial charge is 0.255 e. The molecular weight excluding hydrogens is 259 g/mol. The van der Waals surface area contributed by atoms with Gasteiger partial charge in [0.25, 0.3) is 5.91 Å². The van der Waals surface area contributed by atoms with Crippen LogP contribution in [0, 0.1) is 12.7 Å². The molecule has 0 heterocycles. The van der Waals surface area contributed by atoms with E-state index in [1.807, 2.05) is 0 Å². The molecule has 0 fully saturated rings. The molecule has 1 amide bonds. The normalized spacial score (nSPS) is 10.2. The molecule has 2 aromatic rings. The Balaban J connectivity index is 2.19. The lowest BCUT2D eigenvalue weighted by Crippen LogP contribution is -2.12. The minimum Gasteiger partial charge on any atom is -0.495 e. The maximum Gasteiger partial charge on any atom is 0.255 e. The Labute approximate surface area is 116 Å². The first-order valence-electron chi connectivity index (χ1n) is 6.02. The Morgan fingerprint density at radius 3 is 2.60 bits per heavy atom. The third kappa shape index (κ3) is 2.88. The first-order chi connectivity index (χ1) is 9.51. The number of ether oxygens (including phenoxy) is 1. The summed E-state index contributed by atoms with van der Waals surface area (Å²) in [7, 11) is 1.52. The molecule has 0 unspecified atom stereocenters. The lowest BCUT2D eigenvalue weighted by Gasteiger charge is -2.09. The minimum atomic E-state index is -0.338. The number of nitrogens with one attached hydrogen (secondary N) is 1. The molecule has 0 aliphatic rings. The minimum absolute atomic E-state index is 0.322. The molecule has 0 radical (unpaired) electrons. The number of amides is 1. The summed E-state index contributed by atoms with van der Waals surface area (Å²) in [6, 6.07) is 9.16. The van der Waals surface area contributed by atoms with Gasteiger partial charge in [-0.05, 0) is 48.9 Å². The SMILES string of the molecule is COc1ccc(NC(=O)c2ccc(F)c(C)c2)cc1N. The van der Waals surface area contributed by atoms with Gasteiger partial charge in [-0.25, -0.2) is 4.39 Å². The molecule has 2 rings (SSSR count). The van der Waals surface area contributed by atoms with Gasteiger partial charge in [-0.3, -0.25) is 4.79 Å². The summed E-state index contributed by atoms with van der Waals surface area (Å²) in [5, 5.41) is 2.70. The highest BCUT2D eigenvalue weighted by atomic mass is 19.1. The highest BCUT2D eigenvalue weighted by Gasteiger charge is 2.09. The zero-order valence-electron chi connectivity index (χ0n) is 11.2. The maximum absolute atomic E-state index is 13.2. The highest BCUT2D eigenvalue weighted by Crippen LogP contribution is 2.25. The van der Waals surface area contributed by atoms with Crippen LogP contribution < -0.4 is 15.8 Å². The number of anilines is 2. The van der Waals surface area contributed by atoms with Crippen LogP contribution in [0.1, 0.15) is 15.9 Å². The fourth-order valence-electron chi connectivity index (χ4n) is 1.80. The zero-order chi connectivity index (χ0) is 14.7. The second kappa shape index (κ2) is 5.61. The molecule has 3 N–H and O–H groups in total. The van der Waals surface area contributed by atoms with Gasteiger partial charge < -0.3 is 15.8 Å². The summed E-state index contributed by atoms with van der Waals surface area (Å²) < 4.78 is 18.2. The van der Waals surface area contributed by atoms with Crippen molar-refractivity contribution >= 4 is 17.3 Å². The summed E-state index contributed by atoms with van der Waals surface area (Å²) in [4.78, 5) is 12.0. The standard InChI is InChI=1S/C15H15FN2O2/c1-9-7-10(3-5-12(9)16)15(19)18-11-4-6-14(20-2)13(17)8-11/h3-8H,17H2,1-2H3,(H,18,19). The van der Waals surface area contributed by atoms with Crippen molar-refractivity contribution in [3.63, 3.8) is 0 Å². The summed E-state index contributed by atoms with van der Waals surface area (Å²) in [6.45, 7) is 1.61. The monoisotopic (exact) mass is 274 g/mol. The number of methoxy groups -OCH3 is 1. The van der Waals surface area contributed by atoms with Crippen molar-refractivity contribution < 1.29 is 13.9 Å². The molecule has 0 spiro atoms. The number of carbonyl (C=O) groups excluding carboxylic acids is 1. The van der Waals surface area contributed by atoms with E-state index in [4.69, 9.17) is 10.5 Å². The maximum atomic E-state index is 13.2. The average Bonchev–Trinajstić information content (AvgIpc) is 2.42. The molecule has 4 nitrogen and oxygen atoms in total. The Hall–Kier alpha value is -2.56. The Bertz CT molecular complexity index is 656. The highest BCUT2D eigenvalue weighted by molar-refractivity contribution is 6.04. The quantitative estimate of drug-likeness (QED) is 0.846. The van der Waals surface area contributed by atoms with Crippen molar-refractivity contribution in [3.05, 3.63) is 53.3 Å². The predicted molar refractivity (Wildman–Crippen MR) is 76.5 cm³/mol. The van der Waals surface area contributed by atoms with Crippen molar-refractivity contribution in [2.24, 2.45) is 0 Å². The van der Waals surface area contributed by atoms with E-state index in [1.54, 1.807) is 25.1 Å². The molecule has 0 aliphatic heterocycles. The van der Waals surface area contributed by atoms with Gasteiger partial charge in [0.2, 0.25) is 0 Å².